The quantitative estimate of drug-likeness (QED) is 0.401. The Bertz CT molecular complexity index is 768. The summed E-state index contributed by atoms with van der Waals surface area (Å²) >= 11 is 0. The molecule has 0 aromatic heterocycles. The van der Waals surface area contributed by atoms with Crippen LogP contribution in [0.25, 0.3) is 0 Å². The standard InChI is InChI=1S/C24H32N2O3/c1-4-5-6-7-8-9-18-29-24(28)20-10-14-21(15-11-20)25-23(27)19-12-16-22(17-13-19)26(2)3/h10-17H,4-9,18H2,1-3H3,(H,25,27). The van der Waals surface area contributed by atoms with Gasteiger partial charge in [-0.15, -0.1) is 0 Å². The van der Waals surface area contributed by atoms with Gasteiger partial charge in [0, 0.05) is 31.0 Å². The Morgan fingerprint density at radius 3 is 2.03 bits per heavy atom. The van der Waals surface area contributed by atoms with Crippen LogP contribution < -0.4 is 10.2 Å². The van der Waals surface area contributed by atoms with Gasteiger partial charge >= 0.3 is 5.97 Å². The molecule has 2 aromatic carbocycles. The van der Waals surface area contributed by atoms with E-state index in [1.54, 1.807) is 36.4 Å². The number of benzene rings is 2. The Balaban J connectivity index is 1.78. The fraction of sp³-hybridized carbons (Fsp3) is 0.417. The number of rotatable bonds is 11. The summed E-state index contributed by atoms with van der Waals surface area (Å²) in [5.41, 5.74) is 2.74. The predicted molar refractivity (Wildman–Crippen MR) is 119 cm³/mol. The van der Waals surface area contributed by atoms with Crippen LogP contribution in [-0.4, -0.2) is 32.6 Å². The number of carbonyl (C=O) groups excluding carboxylic acids is 2. The van der Waals surface area contributed by atoms with Crippen molar-refractivity contribution in [2.45, 2.75) is 45.4 Å². The van der Waals surface area contributed by atoms with Crippen molar-refractivity contribution >= 4 is 23.3 Å². The maximum absolute atomic E-state index is 12.4. The van der Waals surface area contributed by atoms with Gasteiger partial charge in [-0.3, -0.25) is 4.79 Å². The van der Waals surface area contributed by atoms with Gasteiger partial charge in [-0.05, 0) is 55.0 Å². The summed E-state index contributed by atoms with van der Waals surface area (Å²) in [5.74, 6) is -0.510. The third kappa shape index (κ3) is 7.60. The fourth-order valence-corrected chi connectivity index (χ4v) is 2.93. The van der Waals surface area contributed by atoms with Gasteiger partial charge in [0.2, 0.25) is 0 Å². The number of carbonyl (C=O) groups is 2. The molecule has 0 unspecified atom stereocenters. The normalized spacial score (nSPS) is 10.4. The van der Waals surface area contributed by atoms with Crippen LogP contribution in [0.4, 0.5) is 11.4 Å². The first kappa shape index (κ1) is 22.5. The van der Waals surface area contributed by atoms with Crippen LogP contribution in [-0.2, 0) is 4.74 Å². The van der Waals surface area contributed by atoms with Crippen molar-refractivity contribution < 1.29 is 14.3 Å². The number of hydrogen-bond donors (Lipinski definition) is 1. The van der Waals surface area contributed by atoms with Gasteiger partial charge in [0.1, 0.15) is 0 Å². The smallest absolute Gasteiger partial charge is 0.338 e. The molecule has 1 amide bonds. The van der Waals surface area contributed by atoms with Gasteiger partial charge in [-0.25, -0.2) is 4.79 Å². The summed E-state index contributed by atoms with van der Waals surface area (Å²) < 4.78 is 5.33. The zero-order valence-corrected chi connectivity index (χ0v) is 17.7. The number of unbranched alkanes of at least 4 members (excludes halogenated alkanes) is 5. The van der Waals surface area contributed by atoms with Crippen molar-refractivity contribution in [1.29, 1.82) is 0 Å². The van der Waals surface area contributed by atoms with Crippen molar-refractivity contribution in [1.82, 2.24) is 0 Å². The lowest BCUT2D eigenvalue weighted by Crippen LogP contribution is -2.13. The molecule has 5 heteroatoms. The minimum atomic E-state index is -0.323. The predicted octanol–water partition coefficient (Wildman–Crippen LogP) is 5.52. The van der Waals surface area contributed by atoms with Crippen LogP contribution in [0, 0.1) is 0 Å². The minimum absolute atomic E-state index is 0.186. The van der Waals surface area contributed by atoms with Gasteiger partial charge in [-0.1, -0.05) is 39.0 Å². The topological polar surface area (TPSA) is 58.6 Å². The number of ether oxygens (including phenoxy) is 1. The number of anilines is 2. The molecule has 0 fully saturated rings. The second kappa shape index (κ2) is 11.9. The molecule has 0 saturated heterocycles. The molecule has 0 aliphatic rings. The number of esters is 1. The monoisotopic (exact) mass is 396 g/mol. The van der Waals surface area contributed by atoms with Crippen LogP contribution in [0.2, 0.25) is 0 Å². The SMILES string of the molecule is CCCCCCCCOC(=O)c1ccc(NC(=O)c2ccc(N(C)C)cc2)cc1. The van der Waals surface area contributed by atoms with E-state index < -0.39 is 0 Å². The van der Waals surface area contributed by atoms with Crippen LogP contribution in [0.5, 0.6) is 0 Å². The molecule has 0 aliphatic carbocycles. The molecule has 1 N–H and O–H groups in total. The third-order valence-corrected chi connectivity index (χ3v) is 4.76. The Morgan fingerprint density at radius 1 is 0.828 bits per heavy atom. The molecule has 0 heterocycles. The van der Waals surface area contributed by atoms with Gasteiger partial charge < -0.3 is 15.0 Å². The van der Waals surface area contributed by atoms with Crippen LogP contribution >= 0.6 is 0 Å². The number of amides is 1. The first-order valence-corrected chi connectivity index (χ1v) is 10.4. The van der Waals surface area contributed by atoms with E-state index in [1.807, 2.05) is 31.1 Å². The molecule has 0 spiro atoms. The molecular weight excluding hydrogens is 364 g/mol. The second-order valence-electron chi connectivity index (χ2n) is 7.38. The summed E-state index contributed by atoms with van der Waals surface area (Å²) in [6.45, 7) is 2.65. The molecule has 156 valence electrons. The fourth-order valence-electron chi connectivity index (χ4n) is 2.93. The lowest BCUT2D eigenvalue weighted by Gasteiger charge is -2.12. The average molecular weight is 397 g/mol. The Kier molecular flexibility index (Phi) is 9.22. The van der Waals surface area contributed by atoms with E-state index in [0.29, 0.717) is 23.4 Å². The van der Waals surface area contributed by atoms with Crippen LogP contribution in [0.1, 0.15) is 66.2 Å². The van der Waals surface area contributed by atoms with E-state index in [9.17, 15) is 9.59 Å². The van der Waals surface area contributed by atoms with Crippen LogP contribution in [0.15, 0.2) is 48.5 Å². The summed E-state index contributed by atoms with van der Waals surface area (Å²) in [7, 11) is 3.91. The first-order valence-electron chi connectivity index (χ1n) is 10.4. The number of nitrogens with one attached hydrogen (secondary N) is 1. The van der Waals surface area contributed by atoms with Gasteiger partial charge in [0.15, 0.2) is 0 Å². The molecule has 0 bridgehead atoms. The van der Waals surface area contributed by atoms with Crippen molar-refractivity contribution in [2.75, 3.05) is 30.9 Å². The van der Waals surface area contributed by atoms with E-state index in [-0.39, 0.29) is 11.9 Å². The van der Waals surface area contributed by atoms with Crippen molar-refractivity contribution in [3.8, 4) is 0 Å². The highest BCUT2D eigenvalue weighted by Crippen LogP contribution is 2.15. The van der Waals surface area contributed by atoms with E-state index in [0.717, 1.165) is 18.5 Å². The first-order chi connectivity index (χ1) is 14.0. The molecule has 2 aromatic rings. The molecule has 0 radical (unpaired) electrons. The molecular formula is C24H32N2O3. The minimum Gasteiger partial charge on any atom is -0.462 e. The van der Waals surface area contributed by atoms with E-state index >= 15 is 0 Å². The van der Waals surface area contributed by atoms with E-state index in [2.05, 4.69) is 12.2 Å². The third-order valence-electron chi connectivity index (χ3n) is 4.76. The number of nitrogens with zero attached hydrogens (tertiary/aromatic N) is 1. The average Bonchev–Trinajstić information content (AvgIpc) is 2.73. The molecule has 0 aliphatic heterocycles. The summed E-state index contributed by atoms with van der Waals surface area (Å²) in [5, 5.41) is 2.85. The van der Waals surface area contributed by atoms with Crippen molar-refractivity contribution in [3.05, 3.63) is 59.7 Å². The molecule has 5 nitrogen and oxygen atoms in total. The Labute approximate surface area is 174 Å². The largest absolute Gasteiger partial charge is 0.462 e. The molecule has 29 heavy (non-hydrogen) atoms. The number of hydrogen-bond acceptors (Lipinski definition) is 4. The van der Waals surface area contributed by atoms with Crippen molar-refractivity contribution in [3.63, 3.8) is 0 Å². The molecule has 0 saturated carbocycles. The molecule has 2 rings (SSSR count). The molecule has 0 atom stereocenters. The van der Waals surface area contributed by atoms with Gasteiger partial charge in [-0.2, -0.15) is 0 Å². The summed E-state index contributed by atoms with van der Waals surface area (Å²) in [6.07, 6.45) is 6.93. The maximum atomic E-state index is 12.4. The highest BCUT2D eigenvalue weighted by molar-refractivity contribution is 6.04. The zero-order valence-electron chi connectivity index (χ0n) is 17.7. The van der Waals surface area contributed by atoms with E-state index in [4.69, 9.17) is 4.74 Å². The summed E-state index contributed by atoms with van der Waals surface area (Å²) in [6, 6.07) is 14.2. The van der Waals surface area contributed by atoms with Crippen molar-refractivity contribution in [2.24, 2.45) is 0 Å². The summed E-state index contributed by atoms with van der Waals surface area (Å²) in [4.78, 5) is 26.5. The Hall–Kier alpha value is -2.82. The van der Waals surface area contributed by atoms with Gasteiger partial charge in [0.25, 0.3) is 5.91 Å². The zero-order chi connectivity index (χ0) is 21.1. The van der Waals surface area contributed by atoms with Crippen LogP contribution in [0.3, 0.4) is 0 Å². The van der Waals surface area contributed by atoms with E-state index in [1.165, 1.54) is 25.7 Å². The Morgan fingerprint density at radius 2 is 1.41 bits per heavy atom. The highest BCUT2D eigenvalue weighted by Gasteiger charge is 2.09. The lowest BCUT2D eigenvalue weighted by atomic mass is 10.1. The highest BCUT2D eigenvalue weighted by atomic mass is 16.5. The maximum Gasteiger partial charge on any atom is 0.338 e. The van der Waals surface area contributed by atoms with Gasteiger partial charge in [0.05, 0.1) is 12.2 Å². The lowest BCUT2D eigenvalue weighted by molar-refractivity contribution is 0.0497. The second-order valence-corrected chi connectivity index (χ2v) is 7.38.